The van der Waals surface area contributed by atoms with Crippen LogP contribution >= 0.6 is 11.6 Å². The quantitative estimate of drug-likeness (QED) is 0.588. The summed E-state index contributed by atoms with van der Waals surface area (Å²) >= 11 is 6.16. The minimum Gasteiger partial charge on any atom is -0.492 e. The fourth-order valence-corrected chi connectivity index (χ4v) is 5.14. The molecule has 0 saturated heterocycles. The first-order valence-corrected chi connectivity index (χ1v) is 12.1. The molecule has 0 aliphatic carbocycles. The largest absolute Gasteiger partial charge is 0.492 e. The van der Waals surface area contributed by atoms with E-state index in [0.717, 1.165) is 21.0 Å². The van der Waals surface area contributed by atoms with Crippen molar-refractivity contribution < 1.29 is 17.9 Å². The van der Waals surface area contributed by atoms with Crippen molar-refractivity contribution >= 4 is 27.5 Å². The number of sulfonamides is 1. The predicted molar refractivity (Wildman–Crippen MR) is 124 cm³/mol. The molecular weight excluding hydrogens is 436 g/mol. The standard InChI is InChI=1S/C23H31ClN2O4S/c1-7-26(31(28,29)19-9-10-22(30-8-2)21(24)13-19)14-23(27)25-18(6)20-12-16(4)15(3)11-17(20)5/h9-13,18H,7-8,14H2,1-6H3,(H,25,27). The first kappa shape index (κ1) is 25.2. The molecule has 8 heteroatoms. The van der Waals surface area contributed by atoms with E-state index >= 15 is 0 Å². The van der Waals surface area contributed by atoms with Crippen molar-refractivity contribution in [1.82, 2.24) is 9.62 Å². The van der Waals surface area contributed by atoms with Crippen LogP contribution in [0.15, 0.2) is 35.2 Å². The monoisotopic (exact) mass is 466 g/mol. The second-order valence-corrected chi connectivity index (χ2v) is 9.88. The van der Waals surface area contributed by atoms with Gasteiger partial charge in [0, 0.05) is 6.54 Å². The average molecular weight is 467 g/mol. The number of ether oxygens (including phenoxy) is 1. The number of hydrogen-bond acceptors (Lipinski definition) is 4. The highest BCUT2D eigenvalue weighted by atomic mass is 35.5. The molecule has 0 aliphatic rings. The zero-order valence-electron chi connectivity index (χ0n) is 19.0. The van der Waals surface area contributed by atoms with Crippen LogP contribution in [0.5, 0.6) is 5.75 Å². The summed E-state index contributed by atoms with van der Waals surface area (Å²) in [5.74, 6) is 0.0501. The maximum atomic E-state index is 13.1. The summed E-state index contributed by atoms with van der Waals surface area (Å²) in [4.78, 5) is 12.7. The summed E-state index contributed by atoms with van der Waals surface area (Å²) in [6, 6.07) is 8.22. The highest BCUT2D eigenvalue weighted by Gasteiger charge is 2.27. The fraction of sp³-hybridized carbons (Fsp3) is 0.435. The lowest BCUT2D eigenvalue weighted by molar-refractivity contribution is -0.121. The van der Waals surface area contributed by atoms with Gasteiger partial charge in [-0.25, -0.2) is 8.42 Å². The predicted octanol–water partition coefficient (Wildman–Crippen LogP) is 4.55. The third-order valence-electron chi connectivity index (χ3n) is 5.24. The number of hydrogen-bond donors (Lipinski definition) is 1. The van der Waals surface area contributed by atoms with E-state index in [-0.39, 0.29) is 35.0 Å². The number of nitrogens with zero attached hydrogens (tertiary/aromatic N) is 1. The zero-order chi connectivity index (χ0) is 23.3. The number of aryl methyl sites for hydroxylation is 3. The molecule has 0 bridgehead atoms. The van der Waals surface area contributed by atoms with Crippen molar-refractivity contribution in [2.75, 3.05) is 19.7 Å². The summed E-state index contributed by atoms with van der Waals surface area (Å²) in [5, 5.41) is 3.13. The Balaban J connectivity index is 2.17. The van der Waals surface area contributed by atoms with Crippen molar-refractivity contribution in [3.63, 3.8) is 0 Å². The van der Waals surface area contributed by atoms with Crippen LogP contribution in [-0.2, 0) is 14.8 Å². The lowest BCUT2D eigenvalue weighted by Gasteiger charge is -2.23. The van der Waals surface area contributed by atoms with Crippen molar-refractivity contribution in [2.45, 2.75) is 52.5 Å². The molecule has 170 valence electrons. The summed E-state index contributed by atoms with van der Waals surface area (Å²) in [5.41, 5.74) is 4.43. The molecule has 2 aromatic carbocycles. The van der Waals surface area contributed by atoms with Gasteiger partial charge in [-0.3, -0.25) is 4.79 Å². The van der Waals surface area contributed by atoms with E-state index in [9.17, 15) is 13.2 Å². The number of amides is 1. The summed E-state index contributed by atoms with van der Waals surface area (Å²) < 4.78 is 32.6. The SMILES string of the molecule is CCOc1ccc(S(=O)(=O)N(CC)CC(=O)NC(C)c2cc(C)c(C)cc2C)cc1Cl. The molecule has 2 aromatic rings. The Morgan fingerprint density at radius 1 is 1.10 bits per heavy atom. The van der Waals surface area contributed by atoms with Crippen LogP contribution in [0.25, 0.3) is 0 Å². The molecule has 6 nitrogen and oxygen atoms in total. The number of likely N-dealkylation sites (N-methyl/N-ethyl adjacent to an activating group) is 1. The lowest BCUT2D eigenvalue weighted by atomic mass is 9.96. The number of halogens is 1. The van der Waals surface area contributed by atoms with E-state index in [4.69, 9.17) is 16.3 Å². The van der Waals surface area contributed by atoms with E-state index in [1.54, 1.807) is 6.92 Å². The molecule has 1 amide bonds. The Morgan fingerprint density at radius 2 is 1.74 bits per heavy atom. The molecule has 0 heterocycles. The normalized spacial score (nSPS) is 12.6. The maximum absolute atomic E-state index is 13.1. The third-order valence-corrected chi connectivity index (χ3v) is 7.45. The second kappa shape index (κ2) is 10.5. The topological polar surface area (TPSA) is 75.7 Å². The average Bonchev–Trinajstić information content (AvgIpc) is 2.70. The molecule has 0 aliphatic heterocycles. The van der Waals surface area contributed by atoms with E-state index in [1.165, 1.54) is 23.8 Å². The molecule has 1 atom stereocenters. The maximum Gasteiger partial charge on any atom is 0.243 e. The van der Waals surface area contributed by atoms with Crippen LogP contribution in [0.4, 0.5) is 0 Å². The van der Waals surface area contributed by atoms with Gasteiger partial charge < -0.3 is 10.1 Å². The van der Waals surface area contributed by atoms with Gasteiger partial charge in [-0.2, -0.15) is 4.31 Å². The minimum atomic E-state index is -3.89. The number of carbonyl (C=O) groups excluding carboxylic acids is 1. The van der Waals surface area contributed by atoms with Gasteiger partial charge in [0.05, 0.1) is 29.1 Å². The smallest absolute Gasteiger partial charge is 0.243 e. The van der Waals surface area contributed by atoms with E-state index in [0.29, 0.717) is 12.4 Å². The molecule has 0 spiro atoms. The first-order valence-electron chi connectivity index (χ1n) is 10.3. The van der Waals surface area contributed by atoms with Crippen molar-refractivity contribution in [2.24, 2.45) is 0 Å². The Bertz CT molecular complexity index is 1050. The highest BCUT2D eigenvalue weighted by molar-refractivity contribution is 7.89. The van der Waals surface area contributed by atoms with Crippen LogP contribution < -0.4 is 10.1 Å². The minimum absolute atomic E-state index is 0.0219. The molecular formula is C23H31ClN2O4S. The van der Waals surface area contributed by atoms with Gasteiger partial charge in [-0.05, 0) is 75.1 Å². The Hall–Kier alpha value is -2.09. The molecule has 2 rings (SSSR count). The van der Waals surface area contributed by atoms with Gasteiger partial charge in [0.2, 0.25) is 15.9 Å². The number of rotatable bonds is 9. The lowest BCUT2D eigenvalue weighted by Crippen LogP contribution is -2.41. The molecule has 0 aromatic heterocycles. The van der Waals surface area contributed by atoms with Crippen molar-refractivity contribution in [1.29, 1.82) is 0 Å². The fourth-order valence-electron chi connectivity index (χ4n) is 3.40. The van der Waals surface area contributed by atoms with E-state index < -0.39 is 10.0 Å². The van der Waals surface area contributed by atoms with Crippen LogP contribution in [0.2, 0.25) is 5.02 Å². The van der Waals surface area contributed by atoms with Crippen LogP contribution in [0.1, 0.15) is 49.1 Å². The molecule has 0 fully saturated rings. The van der Waals surface area contributed by atoms with Crippen molar-refractivity contribution in [3.05, 3.63) is 57.6 Å². The first-order chi connectivity index (χ1) is 14.5. The van der Waals surface area contributed by atoms with Crippen LogP contribution in [0, 0.1) is 20.8 Å². The van der Waals surface area contributed by atoms with E-state index in [2.05, 4.69) is 17.4 Å². The van der Waals surface area contributed by atoms with Gasteiger partial charge >= 0.3 is 0 Å². The summed E-state index contributed by atoms with van der Waals surface area (Å²) in [7, 11) is -3.89. The van der Waals surface area contributed by atoms with Crippen LogP contribution in [0.3, 0.4) is 0 Å². The van der Waals surface area contributed by atoms with E-state index in [1.807, 2.05) is 34.6 Å². The molecule has 1 N–H and O–H groups in total. The summed E-state index contributed by atoms with van der Waals surface area (Å²) in [6.45, 7) is 11.8. The Labute approximate surface area is 190 Å². The molecule has 1 unspecified atom stereocenters. The summed E-state index contributed by atoms with van der Waals surface area (Å²) in [6.07, 6.45) is 0. The molecule has 0 radical (unpaired) electrons. The third kappa shape index (κ3) is 5.99. The van der Waals surface area contributed by atoms with Crippen molar-refractivity contribution in [3.8, 4) is 5.75 Å². The molecule has 0 saturated carbocycles. The van der Waals surface area contributed by atoms with Gasteiger partial charge in [0.1, 0.15) is 5.75 Å². The van der Waals surface area contributed by atoms with Gasteiger partial charge in [-0.1, -0.05) is 30.7 Å². The zero-order valence-corrected chi connectivity index (χ0v) is 20.5. The number of carbonyl (C=O) groups is 1. The highest BCUT2D eigenvalue weighted by Crippen LogP contribution is 2.29. The van der Waals surface area contributed by atoms with Gasteiger partial charge in [0.15, 0.2) is 0 Å². The van der Waals surface area contributed by atoms with Gasteiger partial charge in [-0.15, -0.1) is 0 Å². The number of nitrogens with one attached hydrogen (secondary N) is 1. The Kier molecular flexibility index (Phi) is 8.51. The van der Waals surface area contributed by atoms with Gasteiger partial charge in [0.25, 0.3) is 0 Å². The second-order valence-electron chi connectivity index (χ2n) is 7.54. The molecule has 31 heavy (non-hydrogen) atoms. The number of benzene rings is 2. The van der Waals surface area contributed by atoms with Crippen LogP contribution in [-0.4, -0.2) is 38.3 Å². The Morgan fingerprint density at radius 3 is 2.32 bits per heavy atom.